The van der Waals surface area contributed by atoms with Gasteiger partial charge in [0.15, 0.2) is 0 Å². The molecule has 1 aromatic heterocycles. The Bertz CT molecular complexity index is 400. The summed E-state index contributed by atoms with van der Waals surface area (Å²) >= 11 is 5.86. The highest BCUT2D eigenvalue weighted by Crippen LogP contribution is 2.58. The molecule has 15 heavy (non-hydrogen) atoms. The third-order valence-electron chi connectivity index (χ3n) is 3.58. The second kappa shape index (κ2) is 3.09. The fourth-order valence-corrected chi connectivity index (χ4v) is 2.00. The molecule has 1 aliphatic rings. The van der Waals surface area contributed by atoms with Gasteiger partial charge in [0.2, 0.25) is 0 Å². The van der Waals surface area contributed by atoms with E-state index in [4.69, 9.17) is 17.3 Å². The van der Waals surface area contributed by atoms with Crippen LogP contribution in [0.4, 0.5) is 5.82 Å². The minimum atomic E-state index is -0.949. The highest BCUT2D eigenvalue weighted by molar-refractivity contribution is 6.30. The first-order valence-electron chi connectivity index (χ1n) is 5.01. The number of hydrogen-bond donors (Lipinski definition) is 2. The molecule has 0 aliphatic heterocycles. The average molecular weight is 227 g/mol. The molecule has 0 amide bonds. The van der Waals surface area contributed by atoms with Gasteiger partial charge in [-0.3, -0.25) is 0 Å². The van der Waals surface area contributed by atoms with Crippen molar-refractivity contribution in [2.45, 2.75) is 32.3 Å². The van der Waals surface area contributed by atoms with Crippen molar-refractivity contribution in [3.8, 4) is 0 Å². The van der Waals surface area contributed by atoms with Gasteiger partial charge in [-0.05, 0) is 25.8 Å². The molecule has 0 spiro atoms. The molecule has 82 valence electrons. The van der Waals surface area contributed by atoms with E-state index in [2.05, 4.69) is 4.98 Å². The van der Waals surface area contributed by atoms with Crippen LogP contribution in [0.5, 0.6) is 0 Å². The van der Waals surface area contributed by atoms with Crippen LogP contribution in [0.3, 0.4) is 0 Å². The van der Waals surface area contributed by atoms with Gasteiger partial charge in [0, 0.05) is 17.2 Å². The first-order valence-corrected chi connectivity index (χ1v) is 5.38. The van der Waals surface area contributed by atoms with E-state index in [-0.39, 0.29) is 5.41 Å². The van der Waals surface area contributed by atoms with Gasteiger partial charge in [-0.2, -0.15) is 0 Å². The Hall–Kier alpha value is -0.800. The Labute approximate surface area is 94.3 Å². The van der Waals surface area contributed by atoms with E-state index in [1.807, 2.05) is 6.92 Å². The van der Waals surface area contributed by atoms with Gasteiger partial charge >= 0.3 is 0 Å². The van der Waals surface area contributed by atoms with Crippen LogP contribution in [0.1, 0.15) is 32.3 Å². The first kappa shape index (κ1) is 10.7. The highest BCUT2D eigenvalue weighted by atomic mass is 35.5. The quantitative estimate of drug-likeness (QED) is 0.814. The third kappa shape index (κ3) is 1.60. The summed E-state index contributed by atoms with van der Waals surface area (Å²) in [7, 11) is 0. The maximum atomic E-state index is 10.5. The Morgan fingerprint density at radius 3 is 2.73 bits per heavy atom. The maximum Gasteiger partial charge on any atom is 0.129 e. The van der Waals surface area contributed by atoms with Crippen LogP contribution in [-0.2, 0) is 5.60 Å². The lowest BCUT2D eigenvalue weighted by atomic mass is 9.81. The van der Waals surface area contributed by atoms with Crippen LogP contribution in [0.25, 0.3) is 0 Å². The maximum absolute atomic E-state index is 10.5. The number of nitrogen functional groups attached to an aromatic ring is 1. The molecular formula is C11H15ClN2O. The number of pyridine rings is 1. The molecule has 0 radical (unpaired) electrons. The summed E-state index contributed by atoms with van der Waals surface area (Å²) < 4.78 is 0. The number of nitrogens with zero attached hydrogens (tertiary/aromatic N) is 1. The fraction of sp³-hybridized carbons (Fsp3) is 0.545. The molecule has 1 atom stereocenters. The zero-order valence-corrected chi connectivity index (χ0v) is 9.67. The number of aromatic nitrogens is 1. The molecule has 0 bridgehead atoms. The summed E-state index contributed by atoms with van der Waals surface area (Å²) in [6, 6.07) is 1.70. The Balaban J connectivity index is 2.48. The predicted octanol–water partition coefficient (Wildman–Crippen LogP) is 2.32. The van der Waals surface area contributed by atoms with Gasteiger partial charge in [-0.1, -0.05) is 18.5 Å². The average Bonchev–Trinajstić information content (AvgIpc) is 2.89. The van der Waals surface area contributed by atoms with E-state index in [9.17, 15) is 5.11 Å². The van der Waals surface area contributed by atoms with Crippen molar-refractivity contribution < 1.29 is 5.11 Å². The van der Waals surface area contributed by atoms with Crippen LogP contribution < -0.4 is 5.73 Å². The summed E-state index contributed by atoms with van der Waals surface area (Å²) in [5, 5.41) is 11.0. The second-order valence-electron chi connectivity index (χ2n) is 4.72. The summed E-state index contributed by atoms with van der Waals surface area (Å²) in [4.78, 5) is 3.97. The number of rotatable bonds is 2. The third-order valence-corrected chi connectivity index (χ3v) is 3.79. The van der Waals surface area contributed by atoms with Crippen molar-refractivity contribution in [3.63, 3.8) is 0 Å². The van der Waals surface area contributed by atoms with Gasteiger partial charge in [0.25, 0.3) is 0 Å². The van der Waals surface area contributed by atoms with Crippen molar-refractivity contribution >= 4 is 17.4 Å². The lowest BCUT2D eigenvalue weighted by Gasteiger charge is -2.31. The molecule has 1 aliphatic carbocycles. The fourth-order valence-electron chi connectivity index (χ4n) is 1.84. The van der Waals surface area contributed by atoms with Crippen molar-refractivity contribution in [2.24, 2.45) is 5.41 Å². The molecule has 3 nitrogen and oxygen atoms in total. The van der Waals surface area contributed by atoms with Crippen LogP contribution in [0, 0.1) is 5.41 Å². The van der Waals surface area contributed by atoms with Gasteiger partial charge in [0.05, 0.1) is 10.6 Å². The van der Waals surface area contributed by atoms with Crippen molar-refractivity contribution in [1.82, 2.24) is 4.98 Å². The topological polar surface area (TPSA) is 59.1 Å². The largest absolute Gasteiger partial charge is 0.385 e. The summed E-state index contributed by atoms with van der Waals surface area (Å²) in [6.07, 6.45) is 3.50. The number of halogens is 1. The monoisotopic (exact) mass is 226 g/mol. The van der Waals surface area contributed by atoms with Crippen LogP contribution in [0.15, 0.2) is 12.3 Å². The predicted molar refractivity (Wildman–Crippen MR) is 60.6 cm³/mol. The molecule has 1 fully saturated rings. The number of aliphatic hydroxyl groups is 1. The molecule has 1 heterocycles. The normalized spacial score (nSPS) is 22.1. The first-order chi connectivity index (χ1) is 6.87. The van der Waals surface area contributed by atoms with Crippen molar-refractivity contribution in [1.29, 1.82) is 0 Å². The molecule has 1 unspecified atom stereocenters. The van der Waals surface area contributed by atoms with Gasteiger partial charge in [0.1, 0.15) is 5.82 Å². The second-order valence-corrected chi connectivity index (χ2v) is 5.16. The highest BCUT2D eigenvalue weighted by Gasteiger charge is 2.53. The molecule has 0 saturated heterocycles. The molecular weight excluding hydrogens is 212 g/mol. The Kier molecular flexibility index (Phi) is 2.21. The molecule has 1 saturated carbocycles. The molecule has 3 N–H and O–H groups in total. The van der Waals surface area contributed by atoms with Gasteiger partial charge < -0.3 is 10.8 Å². The summed E-state index contributed by atoms with van der Waals surface area (Å²) in [5.74, 6) is 0.359. The number of anilines is 1. The molecule has 2 rings (SSSR count). The van der Waals surface area contributed by atoms with E-state index in [1.165, 1.54) is 6.20 Å². The minimum absolute atomic E-state index is 0.0898. The van der Waals surface area contributed by atoms with E-state index >= 15 is 0 Å². The van der Waals surface area contributed by atoms with Gasteiger partial charge in [-0.25, -0.2) is 4.98 Å². The van der Waals surface area contributed by atoms with Crippen LogP contribution in [0.2, 0.25) is 5.02 Å². The van der Waals surface area contributed by atoms with E-state index in [0.717, 1.165) is 12.8 Å². The zero-order valence-electron chi connectivity index (χ0n) is 8.92. The minimum Gasteiger partial charge on any atom is -0.385 e. The summed E-state index contributed by atoms with van der Waals surface area (Å²) in [5.41, 5.74) is 5.37. The van der Waals surface area contributed by atoms with Crippen LogP contribution in [-0.4, -0.2) is 10.1 Å². The summed E-state index contributed by atoms with van der Waals surface area (Å²) in [6.45, 7) is 3.83. The lowest BCUT2D eigenvalue weighted by Crippen LogP contribution is -2.32. The Morgan fingerprint density at radius 1 is 1.60 bits per heavy atom. The molecule has 1 aromatic rings. The van der Waals surface area contributed by atoms with E-state index < -0.39 is 5.60 Å². The molecule has 4 heteroatoms. The Morgan fingerprint density at radius 2 is 2.20 bits per heavy atom. The molecule has 0 aromatic carbocycles. The van der Waals surface area contributed by atoms with Crippen LogP contribution >= 0.6 is 11.6 Å². The smallest absolute Gasteiger partial charge is 0.129 e. The van der Waals surface area contributed by atoms with E-state index in [0.29, 0.717) is 16.4 Å². The lowest BCUT2D eigenvalue weighted by molar-refractivity contribution is -0.0121. The van der Waals surface area contributed by atoms with Crippen molar-refractivity contribution in [3.05, 3.63) is 22.8 Å². The van der Waals surface area contributed by atoms with Crippen molar-refractivity contribution in [2.75, 3.05) is 5.73 Å². The number of nitrogens with two attached hydrogens (primary N) is 1. The zero-order chi connectivity index (χ0) is 11.3. The van der Waals surface area contributed by atoms with Gasteiger partial charge in [-0.15, -0.1) is 0 Å². The number of hydrogen-bond acceptors (Lipinski definition) is 3. The van der Waals surface area contributed by atoms with E-state index in [1.54, 1.807) is 13.0 Å². The SMILES string of the molecule is CC1(C(C)(O)c2cc(Cl)cnc2N)CC1. The standard InChI is InChI=1S/C11H15ClN2O/c1-10(3-4-10)11(2,15)8-5-7(12)6-14-9(8)13/h5-6,15H,3-4H2,1-2H3,(H2,13,14).